The fourth-order valence-corrected chi connectivity index (χ4v) is 3.68. The largest absolute Gasteiger partial charge is 0.338 e. The van der Waals surface area contributed by atoms with E-state index in [9.17, 15) is 9.59 Å². The Balaban J connectivity index is 1.71. The van der Waals surface area contributed by atoms with E-state index in [2.05, 4.69) is 34.7 Å². The highest BCUT2D eigenvalue weighted by Crippen LogP contribution is 2.25. The summed E-state index contributed by atoms with van der Waals surface area (Å²) in [4.78, 5) is 23.7. The second-order valence-corrected chi connectivity index (χ2v) is 7.57. The lowest BCUT2D eigenvalue weighted by Gasteiger charge is -2.07. The van der Waals surface area contributed by atoms with Gasteiger partial charge in [-0.05, 0) is 24.1 Å². The summed E-state index contributed by atoms with van der Waals surface area (Å²) in [6, 6.07) is 7.50. The number of rotatable bonds is 6. The van der Waals surface area contributed by atoms with Gasteiger partial charge in [0, 0.05) is 24.9 Å². The van der Waals surface area contributed by atoms with E-state index in [0.717, 1.165) is 28.0 Å². The first-order valence-electron chi connectivity index (χ1n) is 8.40. The molecule has 0 aliphatic carbocycles. The molecule has 2 amide bonds. The Morgan fingerprint density at radius 1 is 1.19 bits per heavy atom. The van der Waals surface area contributed by atoms with Gasteiger partial charge in [0.05, 0.1) is 11.2 Å². The summed E-state index contributed by atoms with van der Waals surface area (Å²) < 4.78 is 1.84. The fraction of sp³-hybridized carbons (Fsp3) is 0.333. The molecule has 3 rings (SSSR count). The summed E-state index contributed by atoms with van der Waals surface area (Å²) >= 11 is 1.40. The van der Waals surface area contributed by atoms with Gasteiger partial charge in [-0.2, -0.15) is 0 Å². The third-order valence-electron chi connectivity index (χ3n) is 3.73. The maximum absolute atomic E-state index is 12.4. The lowest BCUT2D eigenvalue weighted by molar-refractivity contribution is -0.116. The molecular weight excluding hydrogens is 350 g/mol. The molecule has 2 heterocycles. The minimum Gasteiger partial charge on any atom is -0.338 e. The second-order valence-electron chi connectivity index (χ2n) is 6.51. The SMILES string of the molecule is CC(=O)Nc1cccc2c1ccn2CC(=O)Nc1nnc(CC(C)C)s1. The van der Waals surface area contributed by atoms with Crippen LogP contribution in [0.3, 0.4) is 0 Å². The molecule has 0 aliphatic heterocycles. The number of benzene rings is 1. The van der Waals surface area contributed by atoms with Crippen LogP contribution in [0.4, 0.5) is 10.8 Å². The first-order chi connectivity index (χ1) is 12.4. The predicted octanol–water partition coefficient (Wildman–Crippen LogP) is 3.29. The van der Waals surface area contributed by atoms with Gasteiger partial charge in [0.25, 0.3) is 0 Å². The molecule has 3 aromatic rings. The van der Waals surface area contributed by atoms with Crippen LogP contribution in [0.5, 0.6) is 0 Å². The summed E-state index contributed by atoms with van der Waals surface area (Å²) in [6.07, 6.45) is 2.68. The Labute approximate surface area is 155 Å². The van der Waals surface area contributed by atoms with Gasteiger partial charge in [-0.15, -0.1) is 10.2 Å². The Morgan fingerprint density at radius 2 is 2.00 bits per heavy atom. The van der Waals surface area contributed by atoms with Gasteiger partial charge in [-0.3, -0.25) is 14.9 Å². The molecule has 0 saturated heterocycles. The predicted molar refractivity (Wildman–Crippen MR) is 103 cm³/mol. The molecule has 0 spiro atoms. The Kier molecular flexibility index (Phi) is 5.32. The number of nitrogens with one attached hydrogen (secondary N) is 2. The van der Waals surface area contributed by atoms with Crippen LogP contribution in [0.1, 0.15) is 25.8 Å². The number of anilines is 2. The molecular formula is C18H21N5O2S. The van der Waals surface area contributed by atoms with Crippen LogP contribution in [0, 0.1) is 5.92 Å². The normalized spacial score (nSPS) is 11.1. The molecule has 2 aromatic heterocycles. The van der Waals surface area contributed by atoms with Crippen molar-refractivity contribution in [2.45, 2.75) is 33.7 Å². The van der Waals surface area contributed by atoms with Gasteiger partial charge >= 0.3 is 0 Å². The van der Waals surface area contributed by atoms with Crippen molar-refractivity contribution in [2.24, 2.45) is 5.92 Å². The number of carbonyl (C=O) groups is 2. The third-order valence-corrected chi connectivity index (χ3v) is 4.60. The number of aromatic nitrogens is 3. The average molecular weight is 371 g/mol. The molecule has 0 atom stereocenters. The van der Waals surface area contributed by atoms with E-state index in [0.29, 0.717) is 11.0 Å². The van der Waals surface area contributed by atoms with Crippen LogP contribution in [-0.4, -0.2) is 26.6 Å². The molecule has 0 fully saturated rings. The molecule has 0 radical (unpaired) electrons. The van der Waals surface area contributed by atoms with Gasteiger partial charge in [0.2, 0.25) is 16.9 Å². The molecule has 0 bridgehead atoms. The first kappa shape index (κ1) is 18.1. The molecule has 2 N–H and O–H groups in total. The molecule has 7 nitrogen and oxygen atoms in total. The average Bonchev–Trinajstić information content (AvgIpc) is 3.14. The zero-order valence-corrected chi connectivity index (χ0v) is 15.8. The minimum absolute atomic E-state index is 0.128. The van der Waals surface area contributed by atoms with E-state index in [1.54, 1.807) is 0 Å². The van der Waals surface area contributed by atoms with Crippen LogP contribution in [-0.2, 0) is 22.6 Å². The second kappa shape index (κ2) is 7.65. The summed E-state index contributed by atoms with van der Waals surface area (Å²) in [7, 11) is 0. The fourth-order valence-electron chi connectivity index (χ4n) is 2.71. The third kappa shape index (κ3) is 4.26. The van der Waals surface area contributed by atoms with Crippen molar-refractivity contribution in [1.82, 2.24) is 14.8 Å². The summed E-state index contributed by atoms with van der Waals surface area (Å²) in [5.74, 6) is 0.201. The van der Waals surface area contributed by atoms with Crippen LogP contribution in [0.25, 0.3) is 10.9 Å². The van der Waals surface area contributed by atoms with Crippen molar-refractivity contribution in [3.8, 4) is 0 Å². The minimum atomic E-state index is -0.167. The zero-order chi connectivity index (χ0) is 18.7. The van der Waals surface area contributed by atoms with Crippen LogP contribution in [0.2, 0.25) is 0 Å². The number of carbonyl (C=O) groups excluding carboxylic acids is 2. The van der Waals surface area contributed by atoms with Gasteiger partial charge in [-0.25, -0.2) is 0 Å². The van der Waals surface area contributed by atoms with Crippen molar-refractivity contribution in [2.75, 3.05) is 10.6 Å². The summed E-state index contributed by atoms with van der Waals surface area (Å²) in [6.45, 7) is 5.86. The number of hydrogen-bond acceptors (Lipinski definition) is 5. The van der Waals surface area contributed by atoms with E-state index >= 15 is 0 Å². The van der Waals surface area contributed by atoms with Crippen LogP contribution in [0.15, 0.2) is 30.5 Å². The Hall–Kier alpha value is -2.74. The number of fused-ring (bicyclic) bond motifs is 1. The van der Waals surface area contributed by atoms with E-state index in [1.165, 1.54) is 18.3 Å². The lowest BCUT2D eigenvalue weighted by Crippen LogP contribution is -2.18. The highest BCUT2D eigenvalue weighted by molar-refractivity contribution is 7.15. The molecule has 1 aromatic carbocycles. The van der Waals surface area contributed by atoms with Crippen molar-refractivity contribution in [1.29, 1.82) is 0 Å². The molecule has 0 saturated carbocycles. The van der Waals surface area contributed by atoms with Gasteiger partial charge < -0.3 is 9.88 Å². The van der Waals surface area contributed by atoms with Gasteiger partial charge in [0.1, 0.15) is 11.6 Å². The maximum Gasteiger partial charge on any atom is 0.246 e. The Morgan fingerprint density at radius 3 is 2.73 bits per heavy atom. The lowest BCUT2D eigenvalue weighted by atomic mass is 10.1. The smallest absolute Gasteiger partial charge is 0.246 e. The molecule has 136 valence electrons. The van der Waals surface area contributed by atoms with Crippen molar-refractivity contribution in [3.63, 3.8) is 0 Å². The van der Waals surface area contributed by atoms with E-state index in [-0.39, 0.29) is 18.4 Å². The number of nitrogens with zero attached hydrogens (tertiary/aromatic N) is 3. The number of amides is 2. The van der Waals surface area contributed by atoms with E-state index < -0.39 is 0 Å². The standard InChI is InChI=1S/C18H21N5O2S/c1-11(2)9-17-21-22-18(26-17)20-16(25)10-23-8-7-13-14(19-12(3)24)5-4-6-15(13)23/h4-8,11H,9-10H2,1-3H3,(H,19,24)(H,20,22,25). The highest BCUT2D eigenvalue weighted by atomic mass is 32.1. The van der Waals surface area contributed by atoms with E-state index in [4.69, 9.17) is 0 Å². The highest BCUT2D eigenvalue weighted by Gasteiger charge is 2.12. The molecule has 8 heteroatoms. The summed E-state index contributed by atoms with van der Waals surface area (Å²) in [5, 5.41) is 16.1. The van der Waals surface area contributed by atoms with Crippen LogP contribution < -0.4 is 10.6 Å². The Bertz CT molecular complexity index is 944. The topological polar surface area (TPSA) is 88.9 Å². The summed E-state index contributed by atoms with van der Waals surface area (Å²) in [5.41, 5.74) is 1.61. The molecule has 0 aliphatic rings. The van der Waals surface area contributed by atoms with Crippen molar-refractivity contribution in [3.05, 3.63) is 35.5 Å². The van der Waals surface area contributed by atoms with Crippen molar-refractivity contribution >= 4 is 44.9 Å². The van der Waals surface area contributed by atoms with E-state index in [1.807, 2.05) is 35.0 Å². The van der Waals surface area contributed by atoms with Gasteiger partial charge in [-0.1, -0.05) is 31.3 Å². The van der Waals surface area contributed by atoms with Gasteiger partial charge in [0.15, 0.2) is 0 Å². The first-order valence-corrected chi connectivity index (χ1v) is 9.21. The quantitative estimate of drug-likeness (QED) is 0.696. The molecule has 26 heavy (non-hydrogen) atoms. The van der Waals surface area contributed by atoms with Crippen molar-refractivity contribution < 1.29 is 9.59 Å². The maximum atomic E-state index is 12.4. The monoisotopic (exact) mass is 371 g/mol. The zero-order valence-electron chi connectivity index (χ0n) is 14.9. The molecule has 0 unspecified atom stereocenters. The number of hydrogen-bond donors (Lipinski definition) is 2. The van der Waals surface area contributed by atoms with Crippen LogP contribution >= 0.6 is 11.3 Å².